The van der Waals surface area contributed by atoms with Crippen molar-refractivity contribution in [2.24, 2.45) is 0 Å². The minimum atomic E-state index is -0.199. The van der Waals surface area contributed by atoms with Crippen molar-refractivity contribution >= 4 is 11.8 Å². The summed E-state index contributed by atoms with van der Waals surface area (Å²) in [7, 11) is 0. The van der Waals surface area contributed by atoms with Crippen LogP contribution in [0.2, 0.25) is 0 Å². The standard InChI is InChI=1S/C24H29N3O4/c1-18-6-2-3-7-19(18)14-24(29)27-12-10-26(11-13-27)16-23(28)25-15-20-17-30-21-8-4-5-9-22(21)31-20/h2-9,20H,10-17H2,1H3,(H,25,28). The van der Waals surface area contributed by atoms with Gasteiger partial charge in [0.25, 0.3) is 0 Å². The van der Waals surface area contributed by atoms with Gasteiger partial charge in [0.2, 0.25) is 11.8 Å². The monoisotopic (exact) mass is 423 g/mol. The Morgan fingerprint density at radius 2 is 1.71 bits per heavy atom. The van der Waals surface area contributed by atoms with Crippen molar-refractivity contribution in [1.29, 1.82) is 0 Å². The highest BCUT2D eigenvalue weighted by atomic mass is 16.6. The second kappa shape index (κ2) is 9.83. The van der Waals surface area contributed by atoms with Gasteiger partial charge in [-0.05, 0) is 30.2 Å². The molecule has 0 aliphatic carbocycles. The quantitative estimate of drug-likeness (QED) is 0.765. The first-order valence-corrected chi connectivity index (χ1v) is 10.8. The largest absolute Gasteiger partial charge is 0.486 e. The van der Waals surface area contributed by atoms with Crippen LogP contribution in [0.25, 0.3) is 0 Å². The molecule has 2 aromatic rings. The predicted octanol–water partition coefficient (Wildman–Crippen LogP) is 1.64. The zero-order valence-electron chi connectivity index (χ0n) is 17.9. The molecular weight excluding hydrogens is 394 g/mol. The third-order valence-corrected chi connectivity index (χ3v) is 5.79. The average Bonchev–Trinajstić information content (AvgIpc) is 2.79. The van der Waals surface area contributed by atoms with E-state index in [1.807, 2.05) is 60.4 Å². The van der Waals surface area contributed by atoms with Crippen LogP contribution >= 0.6 is 0 Å². The Morgan fingerprint density at radius 1 is 1.00 bits per heavy atom. The SMILES string of the molecule is Cc1ccccc1CC(=O)N1CCN(CC(=O)NCC2COc3ccccc3O2)CC1. The minimum Gasteiger partial charge on any atom is -0.486 e. The minimum absolute atomic E-state index is 0.0397. The number of hydrogen-bond acceptors (Lipinski definition) is 5. The molecule has 4 rings (SSSR count). The van der Waals surface area contributed by atoms with Crippen molar-refractivity contribution in [3.8, 4) is 11.5 Å². The number of nitrogens with one attached hydrogen (secondary N) is 1. The zero-order chi connectivity index (χ0) is 21.6. The number of carbonyl (C=O) groups excluding carboxylic acids is 2. The molecule has 2 heterocycles. The maximum Gasteiger partial charge on any atom is 0.234 e. The van der Waals surface area contributed by atoms with E-state index in [1.165, 1.54) is 0 Å². The average molecular weight is 424 g/mol. The number of para-hydroxylation sites is 2. The van der Waals surface area contributed by atoms with Gasteiger partial charge in [-0.25, -0.2) is 0 Å². The third kappa shape index (κ3) is 5.55. The molecule has 1 unspecified atom stereocenters. The molecule has 2 aromatic carbocycles. The maximum absolute atomic E-state index is 12.6. The molecule has 0 bridgehead atoms. The number of nitrogens with zero attached hydrogens (tertiary/aromatic N) is 2. The molecule has 7 heteroatoms. The summed E-state index contributed by atoms with van der Waals surface area (Å²) >= 11 is 0. The number of carbonyl (C=O) groups is 2. The number of hydrogen-bond donors (Lipinski definition) is 1. The number of amides is 2. The van der Waals surface area contributed by atoms with Crippen molar-refractivity contribution in [1.82, 2.24) is 15.1 Å². The zero-order valence-corrected chi connectivity index (χ0v) is 17.9. The molecule has 0 radical (unpaired) electrons. The summed E-state index contributed by atoms with van der Waals surface area (Å²) in [4.78, 5) is 29.0. The van der Waals surface area contributed by atoms with Gasteiger partial charge in [-0.1, -0.05) is 36.4 Å². The summed E-state index contributed by atoms with van der Waals surface area (Å²) in [5.74, 6) is 1.55. The van der Waals surface area contributed by atoms with Crippen LogP contribution in [0.3, 0.4) is 0 Å². The van der Waals surface area contributed by atoms with Crippen molar-refractivity contribution in [3.63, 3.8) is 0 Å². The second-order valence-electron chi connectivity index (χ2n) is 8.06. The lowest BCUT2D eigenvalue weighted by atomic mass is 10.1. The van der Waals surface area contributed by atoms with Crippen molar-refractivity contribution in [3.05, 3.63) is 59.7 Å². The fraction of sp³-hybridized carbons (Fsp3) is 0.417. The van der Waals surface area contributed by atoms with Crippen LogP contribution < -0.4 is 14.8 Å². The van der Waals surface area contributed by atoms with Gasteiger partial charge in [-0.15, -0.1) is 0 Å². The highest BCUT2D eigenvalue weighted by molar-refractivity contribution is 5.79. The molecule has 1 fully saturated rings. The highest BCUT2D eigenvalue weighted by Crippen LogP contribution is 2.30. The van der Waals surface area contributed by atoms with Crippen LogP contribution in [0.4, 0.5) is 0 Å². The first-order chi connectivity index (χ1) is 15.1. The van der Waals surface area contributed by atoms with Crippen LogP contribution in [0, 0.1) is 6.92 Å². The summed E-state index contributed by atoms with van der Waals surface area (Å²) in [6.07, 6.45) is 0.231. The molecule has 0 saturated carbocycles. The Balaban J connectivity index is 1.17. The summed E-state index contributed by atoms with van der Waals surface area (Å²) < 4.78 is 11.6. The van der Waals surface area contributed by atoms with Gasteiger partial charge in [0.1, 0.15) is 12.7 Å². The Bertz CT molecular complexity index is 925. The van der Waals surface area contributed by atoms with Crippen LogP contribution in [0.5, 0.6) is 11.5 Å². The predicted molar refractivity (Wildman–Crippen MR) is 117 cm³/mol. The van der Waals surface area contributed by atoms with Gasteiger partial charge < -0.3 is 19.7 Å². The first kappa shape index (κ1) is 21.2. The smallest absolute Gasteiger partial charge is 0.234 e. The summed E-state index contributed by atoms with van der Waals surface area (Å²) in [6.45, 7) is 5.86. The van der Waals surface area contributed by atoms with E-state index < -0.39 is 0 Å². The Labute approximate surface area is 182 Å². The molecule has 2 aliphatic rings. The molecule has 1 N–H and O–H groups in total. The van der Waals surface area contributed by atoms with Crippen LogP contribution in [-0.4, -0.2) is 73.6 Å². The van der Waals surface area contributed by atoms with Gasteiger partial charge in [0, 0.05) is 26.2 Å². The lowest BCUT2D eigenvalue weighted by molar-refractivity contribution is -0.132. The number of fused-ring (bicyclic) bond motifs is 1. The fourth-order valence-corrected chi connectivity index (χ4v) is 3.89. The Morgan fingerprint density at radius 3 is 2.48 bits per heavy atom. The second-order valence-corrected chi connectivity index (χ2v) is 8.06. The Hall–Kier alpha value is -3.06. The summed E-state index contributed by atoms with van der Waals surface area (Å²) in [5.41, 5.74) is 2.22. The van der Waals surface area contributed by atoms with E-state index in [0.717, 1.165) is 16.9 Å². The molecule has 0 aromatic heterocycles. The molecule has 1 saturated heterocycles. The summed E-state index contributed by atoms with van der Waals surface area (Å²) in [5, 5.41) is 2.94. The Kier molecular flexibility index (Phi) is 6.72. The van der Waals surface area contributed by atoms with Crippen molar-refractivity contribution in [2.75, 3.05) is 45.9 Å². The number of aryl methyl sites for hydroxylation is 1. The van der Waals surface area contributed by atoms with Gasteiger partial charge in [0.15, 0.2) is 11.5 Å². The molecular formula is C24H29N3O4. The molecule has 7 nitrogen and oxygen atoms in total. The van der Waals surface area contributed by atoms with Crippen LogP contribution in [-0.2, 0) is 16.0 Å². The first-order valence-electron chi connectivity index (χ1n) is 10.8. The van der Waals surface area contributed by atoms with E-state index in [0.29, 0.717) is 58.0 Å². The van der Waals surface area contributed by atoms with E-state index in [4.69, 9.17) is 9.47 Å². The van der Waals surface area contributed by atoms with Gasteiger partial charge in [-0.2, -0.15) is 0 Å². The van der Waals surface area contributed by atoms with Crippen LogP contribution in [0.15, 0.2) is 48.5 Å². The normalized spacial score (nSPS) is 18.5. The number of ether oxygens (including phenoxy) is 2. The third-order valence-electron chi connectivity index (χ3n) is 5.79. The van der Waals surface area contributed by atoms with E-state index in [9.17, 15) is 9.59 Å². The fourth-order valence-electron chi connectivity index (χ4n) is 3.89. The van der Waals surface area contributed by atoms with Crippen molar-refractivity contribution in [2.45, 2.75) is 19.4 Å². The van der Waals surface area contributed by atoms with Gasteiger partial charge in [-0.3, -0.25) is 14.5 Å². The molecule has 2 aliphatic heterocycles. The lowest BCUT2D eigenvalue weighted by Crippen LogP contribution is -2.52. The highest BCUT2D eigenvalue weighted by Gasteiger charge is 2.24. The molecule has 0 spiro atoms. The topological polar surface area (TPSA) is 71.1 Å². The van der Waals surface area contributed by atoms with Crippen LogP contribution in [0.1, 0.15) is 11.1 Å². The van der Waals surface area contributed by atoms with E-state index in [1.54, 1.807) is 0 Å². The van der Waals surface area contributed by atoms with E-state index in [2.05, 4.69) is 10.2 Å². The summed E-state index contributed by atoms with van der Waals surface area (Å²) in [6, 6.07) is 15.5. The molecule has 31 heavy (non-hydrogen) atoms. The molecule has 2 amide bonds. The van der Waals surface area contributed by atoms with E-state index in [-0.39, 0.29) is 17.9 Å². The molecule has 1 atom stereocenters. The number of piperazine rings is 1. The number of rotatable bonds is 6. The van der Waals surface area contributed by atoms with E-state index >= 15 is 0 Å². The van der Waals surface area contributed by atoms with Crippen molar-refractivity contribution < 1.29 is 19.1 Å². The molecule has 164 valence electrons. The van der Waals surface area contributed by atoms with Gasteiger partial charge in [0.05, 0.1) is 19.5 Å². The lowest BCUT2D eigenvalue weighted by Gasteiger charge is -2.34. The van der Waals surface area contributed by atoms with Gasteiger partial charge >= 0.3 is 0 Å². The number of benzene rings is 2. The maximum atomic E-state index is 12.6.